The summed E-state index contributed by atoms with van der Waals surface area (Å²) in [7, 11) is 0. The molecule has 0 aliphatic heterocycles. The van der Waals surface area contributed by atoms with Gasteiger partial charge in [-0.3, -0.25) is 14.6 Å². The van der Waals surface area contributed by atoms with Crippen LogP contribution in [0, 0.1) is 5.41 Å². The van der Waals surface area contributed by atoms with Gasteiger partial charge in [-0.05, 0) is 58.1 Å². The fraction of sp³-hybridized carbons (Fsp3) is 0.409. The van der Waals surface area contributed by atoms with Crippen LogP contribution in [-0.4, -0.2) is 23.3 Å². The Morgan fingerprint density at radius 1 is 1.11 bits per heavy atom. The van der Waals surface area contributed by atoms with Crippen molar-refractivity contribution in [3.63, 3.8) is 0 Å². The van der Waals surface area contributed by atoms with Gasteiger partial charge in [0.15, 0.2) is 0 Å². The standard InChI is InChI=1S/C22H27N3O2/c1-22(2,20(26)24-15-13-16-8-4-3-5-9-16)21(27)25-18-12-6-10-17-11-7-14-23-19(17)18/h6-8,10-12,14H,3-5,9,13,15H2,1-2H3,(H,24,26)(H,25,27). The van der Waals surface area contributed by atoms with Gasteiger partial charge in [-0.15, -0.1) is 0 Å². The molecule has 1 aromatic carbocycles. The maximum atomic E-state index is 12.8. The lowest BCUT2D eigenvalue weighted by Crippen LogP contribution is -2.45. The van der Waals surface area contributed by atoms with Crippen LogP contribution in [0.15, 0.2) is 48.2 Å². The van der Waals surface area contributed by atoms with Crippen molar-refractivity contribution in [1.29, 1.82) is 0 Å². The van der Waals surface area contributed by atoms with Crippen LogP contribution in [-0.2, 0) is 9.59 Å². The van der Waals surface area contributed by atoms with E-state index in [0.29, 0.717) is 17.7 Å². The van der Waals surface area contributed by atoms with Crippen molar-refractivity contribution in [2.45, 2.75) is 46.0 Å². The number of rotatable bonds is 6. The van der Waals surface area contributed by atoms with Gasteiger partial charge in [-0.1, -0.05) is 29.8 Å². The van der Waals surface area contributed by atoms with Gasteiger partial charge in [0.1, 0.15) is 5.41 Å². The second-order valence-corrected chi connectivity index (χ2v) is 7.57. The van der Waals surface area contributed by atoms with E-state index in [9.17, 15) is 9.59 Å². The van der Waals surface area contributed by atoms with Gasteiger partial charge in [0, 0.05) is 18.1 Å². The van der Waals surface area contributed by atoms with E-state index in [1.807, 2.05) is 24.3 Å². The highest BCUT2D eigenvalue weighted by Gasteiger charge is 2.36. The molecule has 0 unspecified atom stereocenters. The predicted octanol–water partition coefficient (Wildman–Crippen LogP) is 4.21. The molecule has 5 heteroatoms. The fourth-order valence-corrected chi connectivity index (χ4v) is 3.28. The zero-order valence-corrected chi connectivity index (χ0v) is 16.0. The van der Waals surface area contributed by atoms with Crippen molar-refractivity contribution in [2.75, 3.05) is 11.9 Å². The molecule has 0 saturated carbocycles. The average Bonchev–Trinajstić information content (AvgIpc) is 2.69. The van der Waals surface area contributed by atoms with Crippen LogP contribution in [0.2, 0.25) is 0 Å². The Morgan fingerprint density at radius 2 is 1.93 bits per heavy atom. The lowest BCUT2D eigenvalue weighted by Gasteiger charge is -2.23. The number of aromatic nitrogens is 1. The number of carbonyl (C=O) groups excluding carboxylic acids is 2. The molecule has 1 aliphatic rings. The number of carbonyl (C=O) groups is 2. The molecular formula is C22H27N3O2. The number of hydrogen-bond donors (Lipinski definition) is 2. The third-order valence-electron chi connectivity index (χ3n) is 5.13. The van der Waals surface area contributed by atoms with E-state index in [1.54, 1.807) is 26.1 Å². The summed E-state index contributed by atoms with van der Waals surface area (Å²) in [5, 5.41) is 6.73. The smallest absolute Gasteiger partial charge is 0.239 e. The molecule has 1 heterocycles. The Balaban J connectivity index is 1.61. The van der Waals surface area contributed by atoms with E-state index in [0.717, 1.165) is 24.6 Å². The Morgan fingerprint density at radius 3 is 2.70 bits per heavy atom. The van der Waals surface area contributed by atoms with Crippen LogP contribution in [0.3, 0.4) is 0 Å². The number of allylic oxidation sites excluding steroid dienone is 1. The summed E-state index contributed by atoms with van der Waals surface area (Å²) in [6.07, 6.45) is 9.57. The van der Waals surface area contributed by atoms with Crippen molar-refractivity contribution >= 4 is 28.4 Å². The molecule has 1 aliphatic carbocycles. The van der Waals surface area contributed by atoms with Gasteiger partial charge < -0.3 is 10.6 Å². The number of hydrogen-bond acceptors (Lipinski definition) is 3. The van der Waals surface area contributed by atoms with Gasteiger partial charge in [-0.2, -0.15) is 0 Å². The van der Waals surface area contributed by atoms with E-state index in [-0.39, 0.29) is 11.8 Å². The highest BCUT2D eigenvalue weighted by molar-refractivity contribution is 6.12. The van der Waals surface area contributed by atoms with E-state index in [1.165, 1.54) is 18.4 Å². The molecule has 1 aromatic heterocycles. The Kier molecular flexibility index (Phi) is 5.89. The van der Waals surface area contributed by atoms with E-state index in [2.05, 4.69) is 21.7 Å². The maximum Gasteiger partial charge on any atom is 0.239 e. The third kappa shape index (κ3) is 4.54. The summed E-state index contributed by atoms with van der Waals surface area (Å²) in [4.78, 5) is 29.7. The number of pyridine rings is 1. The largest absolute Gasteiger partial charge is 0.355 e. The first-order valence-electron chi connectivity index (χ1n) is 9.60. The first-order chi connectivity index (χ1) is 13.0. The molecule has 0 radical (unpaired) electrons. The van der Waals surface area contributed by atoms with Gasteiger partial charge in [0.05, 0.1) is 11.2 Å². The molecule has 0 atom stereocenters. The number of fused-ring (bicyclic) bond motifs is 1. The van der Waals surface area contributed by atoms with Crippen molar-refractivity contribution in [3.05, 3.63) is 48.2 Å². The molecule has 142 valence electrons. The van der Waals surface area contributed by atoms with Crippen LogP contribution < -0.4 is 10.6 Å². The first-order valence-corrected chi connectivity index (χ1v) is 9.60. The Bertz CT molecular complexity index is 865. The Labute approximate surface area is 160 Å². The van der Waals surface area contributed by atoms with Crippen LogP contribution in [0.4, 0.5) is 5.69 Å². The number of benzene rings is 1. The summed E-state index contributed by atoms with van der Waals surface area (Å²) in [6.45, 7) is 3.86. The number of nitrogens with one attached hydrogen (secondary N) is 2. The topological polar surface area (TPSA) is 71.1 Å². The summed E-state index contributed by atoms with van der Waals surface area (Å²) in [5.41, 5.74) is 1.57. The zero-order chi connectivity index (χ0) is 19.3. The van der Waals surface area contributed by atoms with Crippen molar-refractivity contribution < 1.29 is 9.59 Å². The van der Waals surface area contributed by atoms with Crippen molar-refractivity contribution in [2.24, 2.45) is 5.41 Å². The van der Waals surface area contributed by atoms with Gasteiger partial charge in [0.2, 0.25) is 11.8 Å². The lowest BCUT2D eigenvalue weighted by atomic mass is 9.90. The molecule has 5 nitrogen and oxygen atoms in total. The third-order valence-corrected chi connectivity index (χ3v) is 5.13. The summed E-state index contributed by atoms with van der Waals surface area (Å²) in [6, 6.07) is 9.40. The van der Waals surface area contributed by atoms with Gasteiger partial charge in [-0.25, -0.2) is 0 Å². The summed E-state index contributed by atoms with van der Waals surface area (Å²) < 4.78 is 0. The molecule has 0 spiro atoms. The van der Waals surface area contributed by atoms with E-state index >= 15 is 0 Å². The average molecular weight is 365 g/mol. The summed E-state index contributed by atoms with van der Waals surface area (Å²) >= 11 is 0. The quantitative estimate of drug-likeness (QED) is 0.595. The highest BCUT2D eigenvalue weighted by atomic mass is 16.2. The van der Waals surface area contributed by atoms with Gasteiger partial charge >= 0.3 is 0 Å². The minimum Gasteiger partial charge on any atom is -0.355 e. The normalized spacial score (nSPS) is 14.5. The SMILES string of the molecule is CC(C)(C(=O)NCCC1=CCCCC1)C(=O)Nc1cccc2cccnc12. The number of nitrogens with zero attached hydrogens (tertiary/aromatic N) is 1. The zero-order valence-electron chi connectivity index (χ0n) is 16.0. The molecule has 2 aromatic rings. The molecular weight excluding hydrogens is 338 g/mol. The van der Waals surface area contributed by atoms with Crippen LogP contribution in [0.1, 0.15) is 46.0 Å². The summed E-state index contributed by atoms with van der Waals surface area (Å²) in [5.74, 6) is -0.598. The van der Waals surface area contributed by atoms with Crippen LogP contribution >= 0.6 is 0 Å². The highest BCUT2D eigenvalue weighted by Crippen LogP contribution is 2.24. The maximum absolute atomic E-state index is 12.8. The lowest BCUT2D eigenvalue weighted by molar-refractivity contribution is -0.138. The molecule has 2 amide bonds. The molecule has 0 bridgehead atoms. The minimum absolute atomic E-state index is 0.260. The molecule has 0 saturated heterocycles. The van der Waals surface area contributed by atoms with Crippen LogP contribution in [0.25, 0.3) is 10.9 Å². The predicted molar refractivity (Wildman–Crippen MR) is 108 cm³/mol. The molecule has 27 heavy (non-hydrogen) atoms. The first kappa shape index (κ1) is 19.1. The second kappa shape index (κ2) is 8.33. The number of anilines is 1. The molecule has 2 N–H and O–H groups in total. The van der Waals surface area contributed by atoms with E-state index < -0.39 is 5.41 Å². The van der Waals surface area contributed by atoms with E-state index in [4.69, 9.17) is 0 Å². The van der Waals surface area contributed by atoms with Crippen molar-refractivity contribution in [1.82, 2.24) is 10.3 Å². The Hall–Kier alpha value is -2.69. The van der Waals surface area contributed by atoms with Crippen LogP contribution in [0.5, 0.6) is 0 Å². The van der Waals surface area contributed by atoms with Gasteiger partial charge in [0.25, 0.3) is 0 Å². The number of amides is 2. The minimum atomic E-state index is -1.17. The monoisotopic (exact) mass is 365 g/mol. The fourth-order valence-electron chi connectivity index (χ4n) is 3.28. The second-order valence-electron chi connectivity index (χ2n) is 7.57. The van der Waals surface area contributed by atoms with Crippen molar-refractivity contribution in [3.8, 4) is 0 Å². The molecule has 0 fully saturated rings. The molecule has 3 rings (SSSR count). The number of para-hydroxylation sites is 1.